The van der Waals surface area contributed by atoms with E-state index in [1.54, 1.807) is 35.2 Å². The summed E-state index contributed by atoms with van der Waals surface area (Å²) >= 11 is 9.47. The quantitative estimate of drug-likeness (QED) is 0.834. The Bertz CT molecular complexity index is 646. The average Bonchev–Trinajstić information content (AvgIpc) is 2.39. The zero-order chi connectivity index (χ0) is 14.7. The summed E-state index contributed by atoms with van der Waals surface area (Å²) in [5, 5.41) is 0.423. The van der Waals surface area contributed by atoms with Gasteiger partial charge in [-0.2, -0.15) is 0 Å². The van der Waals surface area contributed by atoms with Gasteiger partial charge in [0.15, 0.2) is 0 Å². The minimum absolute atomic E-state index is 0.143. The molecule has 0 aliphatic rings. The van der Waals surface area contributed by atoms with E-state index in [2.05, 4.69) is 15.9 Å². The minimum atomic E-state index is -0.143. The molecule has 0 saturated carbocycles. The van der Waals surface area contributed by atoms with Gasteiger partial charge >= 0.3 is 0 Å². The minimum Gasteiger partial charge on any atom is -0.399 e. The molecule has 2 aromatic carbocycles. The summed E-state index contributed by atoms with van der Waals surface area (Å²) in [6.07, 6.45) is 0. The van der Waals surface area contributed by atoms with Crippen molar-refractivity contribution in [2.45, 2.75) is 6.92 Å². The van der Waals surface area contributed by atoms with Crippen molar-refractivity contribution in [1.82, 2.24) is 0 Å². The summed E-state index contributed by atoms with van der Waals surface area (Å²) in [6, 6.07) is 12.5. The van der Waals surface area contributed by atoms with Crippen LogP contribution in [0.2, 0.25) is 5.02 Å². The van der Waals surface area contributed by atoms with Gasteiger partial charge < -0.3 is 10.6 Å². The summed E-state index contributed by atoms with van der Waals surface area (Å²) < 4.78 is 0.839. The van der Waals surface area contributed by atoms with E-state index in [0.717, 1.165) is 10.2 Å². The summed E-state index contributed by atoms with van der Waals surface area (Å²) in [6.45, 7) is 2.45. The average molecular weight is 354 g/mol. The molecule has 5 heteroatoms. The number of rotatable bonds is 3. The smallest absolute Gasteiger partial charge is 0.259 e. The molecule has 1 amide bonds. The van der Waals surface area contributed by atoms with E-state index >= 15 is 0 Å². The zero-order valence-corrected chi connectivity index (χ0v) is 13.3. The molecule has 0 heterocycles. The number of amides is 1. The first-order chi connectivity index (χ1) is 9.52. The van der Waals surface area contributed by atoms with E-state index in [0.29, 0.717) is 22.8 Å². The first-order valence-corrected chi connectivity index (χ1v) is 7.32. The second-order valence-electron chi connectivity index (χ2n) is 4.27. The molecule has 0 spiro atoms. The Hall–Kier alpha value is -1.52. The van der Waals surface area contributed by atoms with Crippen LogP contribution in [0, 0.1) is 0 Å². The highest BCUT2D eigenvalue weighted by Crippen LogP contribution is 2.25. The Labute approximate surface area is 131 Å². The summed E-state index contributed by atoms with van der Waals surface area (Å²) in [5.41, 5.74) is 7.62. The fourth-order valence-corrected chi connectivity index (χ4v) is 2.70. The Balaban J connectivity index is 2.39. The molecule has 0 saturated heterocycles. The number of halogens is 2. The lowest BCUT2D eigenvalue weighted by Gasteiger charge is -2.22. The van der Waals surface area contributed by atoms with Gasteiger partial charge in [-0.25, -0.2) is 0 Å². The fourth-order valence-electron chi connectivity index (χ4n) is 1.94. The fraction of sp³-hybridized carbons (Fsp3) is 0.133. The molecule has 20 heavy (non-hydrogen) atoms. The number of anilines is 2. The van der Waals surface area contributed by atoms with Crippen LogP contribution in [0.3, 0.4) is 0 Å². The molecule has 0 aliphatic carbocycles. The largest absolute Gasteiger partial charge is 0.399 e. The molecule has 0 bridgehead atoms. The SMILES string of the molecule is CCN(C(=O)c1ccc(Br)cc1Cl)c1cccc(N)c1. The number of benzene rings is 2. The van der Waals surface area contributed by atoms with Gasteiger partial charge in [0, 0.05) is 22.4 Å². The van der Waals surface area contributed by atoms with Crippen molar-refractivity contribution in [3.05, 3.63) is 57.5 Å². The van der Waals surface area contributed by atoms with Crippen LogP contribution in [0.15, 0.2) is 46.9 Å². The van der Waals surface area contributed by atoms with Crippen molar-refractivity contribution in [3.63, 3.8) is 0 Å². The van der Waals surface area contributed by atoms with Crippen LogP contribution in [0.25, 0.3) is 0 Å². The molecule has 3 nitrogen and oxygen atoms in total. The zero-order valence-electron chi connectivity index (χ0n) is 10.9. The first-order valence-electron chi connectivity index (χ1n) is 6.15. The topological polar surface area (TPSA) is 46.3 Å². The molecular weight excluding hydrogens is 340 g/mol. The van der Waals surface area contributed by atoms with Gasteiger partial charge in [0.05, 0.1) is 10.6 Å². The van der Waals surface area contributed by atoms with E-state index in [1.807, 2.05) is 19.1 Å². The summed E-state index contributed by atoms with van der Waals surface area (Å²) in [4.78, 5) is 14.2. The maximum atomic E-state index is 12.6. The van der Waals surface area contributed by atoms with Crippen molar-refractivity contribution in [2.75, 3.05) is 17.2 Å². The van der Waals surface area contributed by atoms with Crippen LogP contribution in [0.5, 0.6) is 0 Å². The van der Waals surface area contributed by atoms with Gasteiger partial charge in [0.25, 0.3) is 5.91 Å². The Morgan fingerprint density at radius 2 is 2.05 bits per heavy atom. The molecule has 0 aromatic heterocycles. The van der Waals surface area contributed by atoms with Crippen molar-refractivity contribution in [3.8, 4) is 0 Å². The number of nitrogen functional groups attached to an aromatic ring is 1. The summed E-state index contributed by atoms with van der Waals surface area (Å²) in [7, 11) is 0. The van der Waals surface area contributed by atoms with E-state index in [9.17, 15) is 4.79 Å². The van der Waals surface area contributed by atoms with Gasteiger partial charge in [-0.3, -0.25) is 4.79 Å². The second-order valence-corrected chi connectivity index (χ2v) is 5.59. The third-order valence-corrected chi connectivity index (χ3v) is 3.71. The number of nitrogens with zero attached hydrogens (tertiary/aromatic N) is 1. The Morgan fingerprint density at radius 1 is 1.30 bits per heavy atom. The van der Waals surface area contributed by atoms with Crippen molar-refractivity contribution >= 4 is 44.8 Å². The van der Waals surface area contributed by atoms with Crippen LogP contribution in [0.1, 0.15) is 17.3 Å². The highest BCUT2D eigenvalue weighted by Gasteiger charge is 2.18. The van der Waals surface area contributed by atoms with E-state index in [4.69, 9.17) is 17.3 Å². The van der Waals surface area contributed by atoms with Crippen molar-refractivity contribution in [2.24, 2.45) is 0 Å². The molecule has 0 fully saturated rings. The molecular formula is C15H14BrClN2O. The number of hydrogen-bond acceptors (Lipinski definition) is 2. The van der Waals surface area contributed by atoms with Crippen molar-refractivity contribution < 1.29 is 4.79 Å². The predicted molar refractivity (Wildman–Crippen MR) is 87.4 cm³/mol. The van der Waals surface area contributed by atoms with Crippen LogP contribution < -0.4 is 10.6 Å². The lowest BCUT2D eigenvalue weighted by atomic mass is 10.1. The molecule has 2 N–H and O–H groups in total. The van der Waals surface area contributed by atoms with E-state index in [-0.39, 0.29) is 5.91 Å². The van der Waals surface area contributed by atoms with E-state index in [1.165, 1.54) is 0 Å². The second kappa shape index (κ2) is 6.29. The highest BCUT2D eigenvalue weighted by molar-refractivity contribution is 9.10. The third kappa shape index (κ3) is 3.14. The lowest BCUT2D eigenvalue weighted by Crippen LogP contribution is -2.30. The van der Waals surface area contributed by atoms with Crippen LogP contribution >= 0.6 is 27.5 Å². The lowest BCUT2D eigenvalue weighted by molar-refractivity contribution is 0.0988. The third-order valence-electron chi connectivity index (χ3n) is 2.90. The molecule has 104 valence electrons. The maximum Gasteiger partial charge on any atom is 0.259 e. The van der Waals surface area contributed by atoms with Gasteiger partial charge in [0.2, 0.25) is 0 Å². The standard InChI is InChI=1S/C15H14BrClN2O/c1-2-19(12-5-3-4-11(18)9-12)15(20)13-7-6-10(16)8-14(13)17/h3-9H,2,18H2,1H3. The molecule has 2 rings (SSSR count). The monoisotopic (exact) mass is 352 g/mol. The molecule has 0 radical (unpaired) electrons. The molecule has 0 atom stereocenters. The van der Waals surface area contributed by atoms with Gasteiger partial charge in [-0.1, -0.05) is 33.6 Å². The normalized spacial score (nSPS) is 10.3. The van der Waals surface area contributed by atoms with Crippen molar-refractivity contribution in [1.29, 1.82) is 0 Å². The molecule has 2 aromatic rings. The van der Waals surface area contributed by atoms with Crippen LogP contribution in [-0.4, -0.2) is 12.5 Å². The van der Waals surface area contributed by atoms with Crippen LogP contribution in [0.4, 0.5) is 11.4 Å². The summed E-state index contributed by atoms with van der Waals surface area (Å²) in [5.74, 6) is -0.143. The number of carbonyl (C=O) groups is 1. The maximum absolute atomic E-state index is 12.6. The van der Waals surface area contributed by atoms with Gasteiger partial charge in [-0.05, 0) is 43.3 Å². The highest BCUT2D eigenvalue weighted by atomic mass is 79.9. The van der Waals surface area contributed by atoms with Crippen LogP contribution in [-0.2, 0) is 0 Å². The predicted octanol–water partition coefficient (Wildman–Crippen LogP) is 4.35. The van der Waals surface area contributed by atoms with E-state index < -0.39 is 0 Å². The first kappa shape index (κ1) is 14.9. The number of nitrogens with two attached hydrogens (primary N) is 1. The number of hydrogen-bond donors (Lipinski definition) is 1. The number of carbonyl (C=O) groups excluding carboxylic acids is 1. The molecule has 0 unspecified atom stereocenters. The Kier molecular flexibility index (Phi) is 4.68. The Morgan fingerprint density at radius 3 is 2.65 bits per heavy atom. The van der Waals surface area contributed by atoms with Gasteiger partial charge in [-0.15, -0.1) is 0 Å². The molecule has 0 aliphatic heterocycles. The van der Waals surface area contributed by atoms with Gasteiger partial charge in [0.1, 0.15) is 0 Å².